The Bertz CT molecular complexity index is 724. The molecule has 6 nitrogen and oxygen atoms in total. The fourth-order valence-corrected chi connectivity index (χ4v) is 5.62. The maximum Gasteiger partial charge on any atom is 0.237 e. The first-order valence-electron chi connectivity index (χ1n) is 10.4. The molecule has 3 aliphatic rings. The second-order valence-electron chi connectivity index (χ2n) is 8.92. The van der Waals surface area contributed by atoms with Crippen LogP contribution in [0.1, 0.15) is 37.2 Å². The summed E-state index contributed by atoms with van der Waals surface area (Å²) in [6.45, 7) is 1.42. The lowest BCUT2D eigenvalue weighted by Crippen LogP contribution is -2.86. The van der Waals surface area contributed by atoms with Gasteiger partial charge < -0.3 is 19.8 Å². The summed E-state index contributed by atoms with van der Waals surface area (Å²) in [4.78, 5) is 31.5. The van der Waals surface area contributed by atoms with Gasteiger partial charge in [0.05, 0.1) is 24.7 Å². The Morgan fingerprint density at radius 2 is 1.79 bits per heavy atom. The van der Waals surface area contributed by atoms with Gasteiger partial charge in [0, 0.05) is 24.9 Å². The third-order valence-corrected chi connectivity index (χ3v) is 6.79. The number of hydrogen-bond donors (Lipinski definition) is 1. The van der Waals surface area contributed by atoms with E-state index in [4.69, 9.17) is 0 Å². The van der Waals surface area contributed by atoms with Crippen molar-refractivity contribution in [3.63, 3.8) is 0 Å². The molecule has 1 spiro atoms. The van der Waals surface area contributed by atoms with E-state index >= 15 is 0 Å². The van der Waals surface area contributed by atoms with E-state index in [0.717, 1.165) is 31.2 Å². The van der Waals surface area contributed by atoms with E-state index in [1.54, 1.807) is 0 Å². The van der Waals surface area contributed by atoms with Crippen molar-refractivity contribution in [2.45, 2.75) is 43.2 Å². The van der Waals surface area contributed by atoms with Crippen molar-refractivity contribution >= 4 is 11.8 Å². The lowest BCUT2D eigenvalue weighted by atomic mass is 9.60. The predicted octanol–water partition coefficient (Wildman–Crippen LogP) is 1.31. The maximum atomic E-state index is 13.0. The first-order chi connectivity index (χ1) is 13.5. The summed E-state index contributed by atoms with van der Waals surface area (Å²) in [6.07, 6.45) is 4.27. The van der Waals surface area contributed by atoms with E-state index < -0.39 is 0 Å². The summed E-state index contributed by atoms with van der Waals surface area (Å²) < 4.78 is 0. The van der Waals surface area contributed by atoms with Crippen molar-refractivity contribution in [1.29, 1.82) is 0 Å². The molecule has 1 aromatic carbocycles. The van der Waals surface area contributed by atoms with Gasteiger partial charge in [0.15, 0.2) is 0 Å². The zero-order valence-corrected chi connectivity index (χ0v) is 16.9. The first-order valence-corrected chi connectivity index (χ1v) is 10.4. The van der Waals surface area contributed by atoms with Gasteiger partial charge in [-0.1, -0.05) is 43.2 Å². The topological polar surface area (TPSA) is 64.1 Å². The van der Waals surface area contributed by atoms with E-state index in [1.165, 1.54) is 0 Å². The van der Waals surface area contributed by atoms with Gasteiger partial charge in [0.25, 0.3) is 0 Å². The van der Waals surface area contributed by atoms with E-state index in [0.29, 0.717) is 19.6 Å². The summed E-state index contributed by atoms with van der Waals surface area (Å²) in [5.74, 6) is 0.510. The van der Waals surface area contributed by atoms with Crippen LogP contribution in [0.3, 0.4) is 0 Å². The van der Waals surface area contributed by atoms with Gasteiger partial charge >= 0.3 is 0 Å². The van der Waals surface area contributed by atoms with Gasteiger partial charge in [-0.25, -0.2) is 0 Å². The average molecular weight is 386 g/mol. The van der Waals surface area contributed by atoms with Crippen LogP contribution in [0.25, 0.3) is 0 Å². The third kappa shape index (κ3) is 3.03. The van der Waals surface area contributed by atoms with E-state index in [1.807, 2.05) is 47.0 Å². The molecule has 0 unspecified atom stereocenters. The number of nitrogens with zero attached hydrogens (tertiary/aromatic N) is 3. The quantitative estimate of drug-likeness (QED) is 0.830. The molecule has 1 aliphatic carbocycles. The Morgan fingerprint density at radius 3 is 2.36 bits per heavy atom. The minimum absolute atomic E-state index is 0.0317. The van der Waals surface area contributed by atoms with Crippen LogP contribution >= 0.6 is 0 Å². The normalized spacial score (nSPS) is 26.4. The summed E-state index contributed by atoms with van der Waals surface area (Å²) in [6, 6.07) is 9.91. The van der Waals surface area contributed by atoms with Gasteiger partial charge in [-0.05, 0) is 32.5 Å². The van der Waals surface area contributed by atoms with Crippen molar-refractivity contribution in [2.24, 2.45) is 5.92 Å². The number of benzene rings is 1. The van der Waals surface area contributed by atoms with Crippen molar-refractivity contribution in [3.8, 4) is 0 Å². The summed E-state index contributed by atoms with van der Waals surface area (Å²) in [5, 5.41) is 10.1. The van der Waals surface area contributed by atoms with Gasteiger partial charge in [-0.2, -0.15) is 0 Å². The predicted molar refractivity (Wildman–Crippen MR) is 107 cm³/mol. The molecule has 28 heavy (non-hydrogen) atoms. The molecule has 2 heterocycles. The number of carbonyl (C=O) groups is 2. The van der Waals surface area contributed by atoms with Crippen LogP contribution in [-0.4, -0.2) is 83.5 Å². The Balaban J connectivity index is 1.58. The average Bonchev–Trinajstić information content (AvgIpc) is 3.14. The van der Waals surface area contributed by atoms with Crippen LogP contribution < -0.4 is 0 Å². The van der Waals surface area contributed by atoms with E-state index in [-0.39, 0.29) is 41.8 Å². The number of rotatable bonds is 5. The van der Waals surface area contributed by atoms with Crippen molar-refractivity contribution < 1.29 is 14.7 Å². The molecule has 1 N–H and O–H groups in total. The molecule has 3 fully saturated rings. The fourth-order valence-electron chi connectivity index (χ4n) is 5.62. The molecule has 2 atom stereocenters. The van der Waals surface area contributed by atoms with Crippen LogP contribution in [-0.2, 0) is 9.59 Å². The minimum Gasteiger partial charge on any atom is -0.394 e. The molecule has 4 rings (SSSR count). The highest BCUT2D eigenvalue weighted by Gasteiger charge is 2.68. The van der Waals surface area contributed by atoms with Crippen LogP contribution in [0.2, 0.25) is 0 Å². The lowest BCUT2D eigenvalue weighted by Gasteiger charge is -2.70. The standard InChI is InChI=1S/C22H31N3O3/c1-23(2)12-19(27)25-18(13-26)20(16-8-4-3-5-9-16)22(25)14-24(15-22)21(28)17-10-6-7-11-17/h3-5,8-9,17-18,20,26H,6-7,10-15H2,1-2H3/t18-,20+/m1/s1. The van der Waals surface area contributed by atoms with Crippen molar-refractivity contribution in [3.05, 3.63) is 35.9 Å². The van der Waals surface area contributed by atoms with Crippen LogP contribution in [0.15, 0.2) is 30.3 Å². The van der Waals surface area contributed by atoms with Crippen LogP contribution in [0, 0.1) is 5.92 Å². The van der Waals surface area contributed by atoms with E-state index in [2.05, 4.69) is 12.1 Å². The van der Waals surface area contributed by atoms with Gasteiger partial charge in [-0.3, -0.25) is 9.59 Å². The lowest BCUT2D eigenvalue weighted by molar-refractivity contribution is -0.204. The highest BCUT2D eigenvalue weighted by molar-refractivity contribution is 5.84. The maximum absolute atomic E-state index is 13.0. The van der Waals surface area contributed by atoms with Crippen molar-refractivity contribution in [2.75, 3.05) is 40.3 Å². The van der Waals surface area contributed by atoms with Gasteiger partial charge in [0.1, 0.15) is 0 Å². The van der Waals surface area contributed by atoms with Crippen molar-refractivity contribution in [1.82, 2.24) is 14.7 Å². The highest BCUT2D eigenvalue weighted by Crippen LogP contribution is 2.54. The van der Waals surface area contributed by atoms with Gasteiger partial charge in [-0.15, -0.1) is 0 Å². The zero-order chi connectivity index (χ0) is 19.9. The molecule has 2 aliphatic heterocycles. The summed E-state index contributed by atoms with van der Waals surface area (Å²) >= 11 is 0. The minimum atomic E-state index is -0.379. The number of hydrogen-bond acceptors (Lipinski definition) is 4. The smallest absolute Gasteiger partial charge is 0.237 e. The highest BCUT2D eigenvalue weighted by atomic mass is 16.3. The molecular formula is C22H31N3O3. The molecule has 2 saturated heterocycles. The molecule has 0 aromatic heterocycles. The second kappa shape index (κ2) is 7.48. The number of aliphatic hydroxyl groups excluding tert-OH is 1. The largest absolute Gasteiger partial charge is 0.394 e. The molecule has 1 aromatic rings. The van der Waals surface area contributed by atoms with Crippen LogP contribution in [0.5, 0.6) is 0 Å². The first kappa shape index (κ1) is 19.4. The zero-order valence-electron chi connectivity index (χ0n) is 16.9. The third-order valence-electron chi connectivity index (χ3n) is 6.79. The Kier molecular flexibility index (Phi) is 5.19. The fraction of sp³-hybridized carbons (Fsp3) is 0.636. The summed E-state index contributed by atoms with van der Waals surface area (Å²) in [5.41, 5.74) is 0.763. The Hall–Kier alpha value is -1.92. The number of amides is 2. The molecule has 0 radical (unpaired) electrons. The monoisotopic (exact) mass is 385 g/mol. The molecular weight excluding hydrogens is 354 g/mol. The number of likely N-dealkylation sites (N-methyl/N-ethyl adjacent to an activating group) is 1. The SMILES string of the molecule is CN(C)CC(=O)N1[C@H](CO)[C@H](c2ccccc2)C12CN(C(=O)C1CCCC1)C2. The molecule has 1 saturated carbocycles. The molecule has 6 heteroatoms. The molecule has 152 valence electrons. The molecule has 2 amide bonds. The van der Waals surface area contributed by atoms with E-state index in [9.17, 15) is 14.7 Å². The number of likely N-dealkylation sites (tertiary alicyclic amines) is 2. The Labute approximate surface area is 167 Å². The van der Waals surface area contributed by atoms with Gasteiger partial charge in [0.2, 0.25) is 11.8 Å². The second-order valence-corrected chi connectivity index (χ2v) is 8.92. The summed E-state index contributed by atoms with van der Waals surface area (Å²) in [7, 11) is 3.76. The molecule has 0 bridgehead atoms. The van der Waals surface area contributed by atoms with Crippen LogP contribution in [0.4, 0.5) is 0 Å². The Morgan fingerprint density at radius 1 is 1.14 bits per heavy atom. The number of carbonyl (C=O) groups excluding carboxylic acids is 2. The number of aliphatic hydroxyl groups is 1.